The van der Waals surface area contributed by atoms with Crippen molar-refractivity contribution in [2.75, 3.05) is 0 Å². The molecule has 5 nitrogen and oxygen atoms in total. The number of hydrogen-bond donors (Lipinski definition) is 1. The minimum atomic E-state index is -0.175. The molecular weight excluding hydrogens is 330 g/mol. The average Bonchev–Trinajstić information content (AvgIpc) is 2.92. The number of benzene rings is 2. The van der Waals surface area contributed by atoms with E-state index in [4.69, 9.17) is 13.9 Å². The maximum Gasteiger partial charge on any atom is 0.260 e. The summed E-state index contributed by atoms with van der Waals surface area (Å²) in [7, 11) is 0. The number of furan rings is 1. The molecule has 0 saturated carbocycles. The highest BCUT2D eigenvalue weighted by Crippen LogP contribution is 2.34. The number of aromatic nitrogens is 1. The lowest BCUT2D eigenvalue weighted by atomic mass is 10.1. The number of fused-ring (bicyclic) bond motifs is 5. The summed E-state index contributed by atoms with van der Waals surface area (Å²) in [5.74, 6) is 1.44. The van der Waals surface area contributed by atoms with Gasteiger partial charge in [0.15, 0.2) is 0 Å². The van der Waals surface area contributed by atoms with Gasteiger partial charge >= 0.3 is 0 Å². The van der Waals surface area contributed by atoms with E-state index in [1.165, 1.54) is 0 Å². The number of H-pyrrole nitrogens is 1. The predicted molar refractivity (Wildman–Crippen MR) is 103 cm³/mol. The van der Waals surface area contributed by atoms with E-state index >= 15 is 0 Å². The van der Waals surface area contributed by atoms with Gasteiger partial charge in [0.05, 0.1) is 23.1 Å². The van der Waals surface area contributed by atoms with E-state index in [-0.39, 0.29) is 17.8 Å². The number of pyridine rings is 1. The molecule has 1 N–H and O–H groups in total. The summed E-state index contributed by atoms with van der Waals surface area (Å²) in [5.41, 5.74) is 1.74. The third kappa shape index (κ3) is 2.79. The van der Waals surface area contributed by atoms with Crippen molar-refractivity contribution in [1.29, 1.82) is 0 Å². The molecule has 4 rings (SSSR count). The van der Waals surface area contributed by atoms with Gasteiger partial charge in [-0.2, -0.15) is 0 Å². The molecule has 0 saturated heterocycles. The highest BCUT2D eigenvalue weighted by atomic mass is 16.5. The zero-order valence-electron chi connectivity index (χ0n) is 15.3. The molecule has 0 amide bonds. The van der Waals surface area contributed by atoms with E-state index in [1.807, 2.05) is 64.1 Å². The first kappa shape index (κ1) is 16.5. The van der Waals surface area contributed by atoms with Crippen LogP contribution in [0.25, 0.3) is 32.8 Å². The van der Waals surface area contributed by atoms with Gasteiger partial charge in [-0.1, -0.05) is 0 Å². The SMILES string of the molecule is CC(C)Oc1ccc2c(c1)[nH]c(=O)c1c3ccc(OC(C)C)cc3oc21. The third-order valence-corrected chi connectivity index (χ3v) is 4.12. The number of nitrogens with one attached hydrogen (secondary N) is 1. The number of rotatable bonds is 4. The van der Waals surface area contributed by atoms with Crippen molar-refractivity contribution in [3.05, 3.63) is 46.8 Å². The number of aromatic amines is 1. The van der Waals surface area contributed by atoms with E-state index in [1.54, 1.807) is 0 Å². The van der Waals surface area contributed by atoms with Gasteiger partial charge in [-0.25, -0.2) is 0 Å². The van der Waals surface area contributed by atoms with Gasteiger partial charge in [0.25, 0.3) is 5.56 Å². The maximum absolute atomic E-state index is 12.7. The van der Waals surface area contributed by atoms with Crippen LogP contribution in [-0.4, -0.2) is 17.2 Å². The lowest BCUT2D eigenvalue weighted by Crippen LogP contribution is -2.07. The summed E-state index contributed by atoms with van der Waals surface area (Å²) in [5, 5.41) is 2.18. The molecule has 5 heteroatoms. The quantitative estimate of drug-likeness (QED) is 0.562. The van der Waals surface area contributed by atoms with E-state index in [0.717, 1.165) is 16.5 Å². The second-order valence-corrected chi connectivity index (χ2v) is 6.96. The molecule has 0 radical (unpaired) electrons. The molecule has 0 bridgehead atoms. The van der Waals surface area contributed by atoms with Gasteiger partial charge in [0.1, 0.15) is 22.7 Å². The molecule has 26 heavy (non-hydrogen) atoms. The Morgan fingerprint density at radius 2 is 1.50 bits per heavy atom. The normalized spacial score (nSPS) is 11.9. The monoisotopic (exact) mass is 351 g/mol. The fraction of sp³-hybridized carbons (Fsp3) is 0.286. The van der Waals surface area contributed by atoms with Crippen LogP contribution < -0.4 is 15.0 Å². The maximum atomic E-state index is 12.7. The van der Waals surface area contributed by atoms with Gasteiger partial charge in [0, 0.05) is 22.9 Å². The van der Waals surface area contributed by atoms with E-state index in [9.17, 15) is 4.79 Å². The van der Waals surface area contributed by atoms with Crippen LogP contribution in [0.3, 0.4) is 0 Å². The Kier molecular flexibility index (Phi) is 3.87. The van der Waals surface area contributed by atoms with Crippen molar-refractivity contribution in [2.24, 2.45) is 0 Å². The molecule has 0 atom stereocenters. The third-order valence-electron chi connectivity index (χ3n) is 4.12. The van der Waals surface area contributed by atoms with Crippen LogP contribution in [0, 0.1) is 0 Å². The summed E-state index contributed by atoms with van der Waals surface area (Å²) in [4.78, 5) is 15.6. The molecule has 4 aromatic rings. The van der Waals surface area contributed by atoms with Crippen molar-refractivity contribution < 1.29 is 13.9 Å². The summed E-state index contributed by atoms with van der Waals surface area (Å²) in [6, 6.07) is 11.2. The topological polar surface area (TPSA) is 64.5 Å². The Bertz CT molecular complexity index is 1170. The summed E-state index contributed by atoms with van der Waals surface area (Å²) < 4.78 is 17.5. The molecular formula is C21H21NO4. The van der Waals surface area contributed by atoms with Crippen LogP contribution >= 0.6 is 0 Å². The minimum Gasteiger partial charge on any atom is -0.491 e. The first-order valence-corrected chi connectivity index (χ1v) is 8.78. The zero-order valence-corrected chi connectivity index (χ0v) is 15.3. The average molecular weight is 351 g/mol. The first-order chi connectivity index (χ1) is 12.4. The molecule has 0 aliphatic heterocycles. The molecule has 0 fully saturated rings. The first-order valence-electron chi connectivity index (χ1n) is 8.78. The molecule has 0 unspecified atom stereocenters. The Hall–Kier alpha value is -2.95. The molecule has 0 aliphatic rings. The standard InChI is InChI=1S/C21H21NO4/c1-11(2)24-13-5-7-15-17(9-13)22-21(23)19-16-8-6-14(25-12(3)4)10-18(16)26-20(15)19/h5-12H,1-4H3,(H,22,23). The number of ether oxygens (including phenoxy) is 2. The van der Waals surface area contributed by atoms with Crippen LogP contribution in [0.15, 0.2) is 45.6 Å². The van der Waals surface area contributed by atoms with Crippen LogP contribution in [0.1, 0.15) is 27.7 Å². The minimum absolute atomic E-state index is 0.0634. The highest BCUT2D eigenvalue weighted by molar-refractivity contribution is 6.13. The molecule has 2 heterocycles. The molecule has 0 aliphatic carbocycles. The molecule has 134 valence electrons. The molecule has 2 aromatic carbocycles. The van der Waals surface area contributed by atoms with Gasteiger partial charge in [-0.15, -0.1) is 0 Å². The molecule has 2 aromatic heterocycles. The van der Waals surface area contributed by atoms with Crippen molar-refractivity contribution in [3.63, 3.8) is 0 Å². The van der Waals surface area contributed by atoms with Crippen LogP contribution in [0.4, 0.5) is 0 Å². The predicted octanol–water partition coefficient (Wildman–Crippen LogP) is 5.00. The lowest BCUT2D eigenvalue weighted by Gasteiger charge is -2.10. The van der Waals surface area contributed by atoms with Gasteiger partial charge < -0.3 is 18.9 Å². The van der Waals surface area contributed by atoms with E-state index in [2.05, 4.69) is 4.98 Å². The Labute approximate surface area is 150 Å². The summed E-state index contributed by atoms with van der Waals surface area (Å²) in [6.07, 6.45) is 0.133. The highest BCUT2D eigenvalue weighted by Gasteiger charge is 2.16. The Balaban J connectivity index is 1.95. The van der Waals surface area contributed by atoms with Crippen LogP contribution in [-0.2, 0) is 0 Å². The van der Waals surface area contributed by atoms with Crippen LogP contribution in [0.5, 0.6) is 11.5 Å². The smallest absolute Gasteiger partial charge is 0.260 e. The van der Waals surface area contributed by atoms with Crippen LogP contribution in [0.2, 0.25) is 0 Å². The van der Waals surface area contributed by atoms with E-state index in [0.29, 0.717) is 27.8 Å². The molecule has 0 spiro atoms. The van der Waals surface area contributed by atoms with Crippen molar-refractivity contribution >= 4 is 32.8 Å². The fourth-order valence-corrected chi connectivity index (χ4v) is 3.19. The summed E-state index contributed by atoms with van der Waals surface area (Å²) >= 11 is 0. The Morgan fingerprint density at radius 3 is 2.15 bits per heavy atom. The van der Waals surface area contributed by atoms with Gasteiger partial charge in [-0.3, -0.25) is 4.79 Å². The van der Waals surface area contributed by atoms with Crippen molar-refractivity contribution in [2.45, 2.75) is 39.9 Å². The van der Waals surface area contributed by atoms with Crippen molar-refractivity contribution in [3.8, 4) is 11.5 Å². The van der Waals surface area contributed by atoms with Gasteiger partial charge in [-0.05, 0) is 52.0 Å². The second-order valence-electron chi connectivity index (χ2n) is 6.96. The fourth-order valence-electron chi connectivity index (χ4n) is 3.19. The zero-order chi connectivity index (χ0) is 18.4. The second kappa shape index (κ2) is 6.09. The lowest BCUT2D eigenvalue weighted by molar-refractivity contribution is 0.242. The largest absolute Gasteiger partial charge is 0.491 e. The van der Waals surface area contributed by atoms with E-state index < -0.39 is 0 Å². The Morgan fingerprint density at radius 1 is 0.885 bits per heavy atom. The number of hydrogen-bond acceptors (Lipinski definition) is 4. The van der Waals surface area contributed by atoms with Gasteiger partial charge in [0.2, 0.25) is 0 Å². The summed E-state index contributed by atoms with van der Waals surface area (Å²) in [6.45, 7) is 7.87. The van der Waals surface area contributed by atoms with Crippen molar-refractivity contribution in [1.82, 2.24) is 4.98 Å².